The van der Waals surface area contributed by atoms with Crippen LogP contribution in [0.25, 0.3) is 0 Å². The van der Waals surface area contributed by atoms with Gasteiger partial charge in [0.1, 0.15) is 0 Å². The molecule has 1 N–H and O–H groups in total. The summed E-state index contributed by atoms with van der Waals surface area (Å²) in [6.07, 6.45) is 11.3. The van der Waals surface area contributed by atoms with Crippen LogP contribution in [-0.4, -0.2) is 37.1 Å². The highest BCUT2D eigenvalue weighted by Crippen LogP contribution is 2.20. The van der Waals surface area contributed by atoms with E-state index in [0.29, 0.717) is 0 Å². The first-order valence-electron chi connectivity index (χ1n) is 7.84. The normalized spacial score (nSPS) is 31.6. The molecule has 2 nitrogen and oxygen atoms in total. The highest BCUT2D eigenvalue weighted by molar-refractivity contribution is 4.75. The van der Waals surface area contributed by atoms with Gasteiger partial charge in [0.25, 0.3) is 0 Å². The maximum atomic E-state index is 3.66. The molecule has 0 radical (unpaired) electrons. The fourth-order valence-electron chi connectivity index (χ4n) is 3.42. The van der Waals surface area contributed by atoms with Crippen molar-refractivity contribution in [1.82, 2.24) is 10.2 Å². The molecule has 0 spiro atoms. The van der Waals surface area contributed by atoms with Crippen LogP contribution in [0.1, 0.15) is 58.3 Å². The maximum absolute atomic E-state index is 3.66. The minimum absolute atomic E-state index is 0.829. The molecule has 2 fully saturated rings. The average Bonchev–Trinajstić information content (AvgIpc) is 2.40. The van der Waals surface area contributed by atoms with Crippen molar-refractivity contribution < 1.29 is 0 Å². The molecule has 2 unspecified atom stereocenters. The van der Waals surface area contributed by atoms with Crippen LogP contribution in [0.4, 0.5) is 0 Å². The Kier molecular flexibility index (Phi) is 5.79. The molecule has 0 aromatic carbocycles. The lowest BCUT2D eigenvalue weighted by atomic mass is 9.95. The molecule has 0 aliphatic carbocycles. The van der Waals surface area contributed by atoms with E-state index in [-0.39, 0.29) is 0 Å². The van der Waals surface area contributed by atoms with Crippen LogP contribution in [0.5, 0.6) is 0 Å². The molecule has 0 amide bonds. The molecular weight excluding hydrogens is 208 g/mol. The molecular formula is C15H30N2. The molecule has 100 valence electrons. The average molecular weight is 238 g/mol. The topological polar surface area (TPSA) is 15.3 Å². The van der Waals surface area contributed by atoms with E-state index < -0.39 is 0 Å². The zero-order chi connectivity index (χ0) is 11.9. The van der Waals surface area contributed by atoms with Crippen molar-refractivity contribution in [3.63, 3.8) is 0 Å². The van der Waals surface area contributed by atoms with Gasteiger partial charge in [-0.05, 0) is 64.1 Å². The second-order valence-corrected chi connectivity index (χ2v) is 6.01. The summed E-state index contributed by atoms with van der Waals surface area (Å²) in [5.74, 6) is 0.983. The van der Waals surface area contributed by atoms with Crippen molar-refractivity contribution in [1.29, 1.82) is 0 Å². The lowest BCUT2D eigenvalue weighted by Gasteiger charge is -2.32. The maximum Gasteiger partial charge on any atom is 0.00675 e. The van der Waals surface area contributed by atoms with E-state index in [1.54, 1.807) is 0 Å². The Morgan fingerprint density at radius 3 is 2.88 bits per heavy atom. The summed E-state index contributed by atoms with van der Waals surface area (Å²) in [4.78, 5) is 2.71. The molecule has 17 heavy (non-hydrogen) atoms. The van der Waals surface area contributed by atoms with Crippen molar-refractivity contribution in [3.8, 4) is 0 Å². The van der Waals surface area contributed by atoms with Gasteiger partial charge in [-0.1, -0.05) is 19.8 Å². The van der Waals surface area contributed by atoms with Gasteiger partial charge in [-0.2, -0.15) is 0 Å². The van der Waals surface area contributed by atoms with E-state index in [9.17, 15) is 0 Å². The number of hydrogen-bond acceptors (Lipinski definition) is 2. The van der Waals surface area contributed by atoms with Crippen LogP contribution in [0, 0.1) is 5.92 Å². The Morgan fingerprint density at radius 2 is 2.12 bits per heavy atom. The van der Waals surface area contributed by atoms with Crippen LogP contribution < -0.4 is 5.32 Å². The lowest BCUT2D eigenvalue weighted by Crippen LogP contribution is -2.37. The molecule has 2 heterocycles. The SMILES string of the molecule is CCC1CCCN(CCCC2CCCCN2)C1. The summed E-state index contributed by atoms with van der Waals surface area (Å²) in [6, 6.07) is 0.829. The third kappa shape index (κ3) is 4.59. The summed E-state index contributed by atoms with van der Waals surface area (Å²) in [5, 5.41) is 3.66. The first-order chi connectivity index (χ1) is 8.38. The van der Waals surface area contributed by atoms with Gasteiger partial charge in [0.05, 0.1) is 0 Å². The Labute approximate surface area is 107 Å². The second kappa shape index (κ2) is 7.38. The summed E-state index contributed by atoms with van der Waals surface area (Å²) in [7, 11) is 0. The van der Waals surface area contributed by atoms with Crippen LogP contribution >= 0.6 is 0 Å². The molecule has 2 heteroatoms. The number of hydrogen-bond donors (Lipinski definition) is 1. The van der Waals surface area contributed by atoms with Crippen LogP contribution in [0.15, 0.2) is 0 Å². The minimum atomic E-state index is 0.829. The van der Waals surface area contributed by atoms with E-state index in [2.05, 4.69) is 17.1 Å². The Balaban J connectivity index is 1.57. The Morgan fingerprint density at radius 1 is 1.18 bits per heavy atom. The van der Waals surface area contributed by atoms with Crippen LogP contribution in [0.2, 0.25) is 0 Å². The zero-order valence-electron chi connectivity index (χ0n) is 11.6. The van der Waals surface area contributed by atoms with Crippen molar-refractivity contribution in [2.45, 2.75) is 64.3 Å². The van der Waals surface area contributed by atoms with Gasteiger partial charge in [0.15, 0.2) is 0 Å². The van der Waals surface area contributed by atoms with Crippen molar-refractivity contribution in [2.75, 3.05) is 26.2 Å². The highest BCUT2D eigenvalue weighted by Gasteiger charge is 2.18. The van der Waals surface area contributed by atoms with Gasteiger partial charge < -0.3 is 10.2 Å². The highest BCUT2D eigenvalue weighted by atomic mass is 15.1. The first kappa shape index (κ1) is 13.4. The van der Waals surface area contributed by atoms with Crippen molar-refractivity contribution in [2.24, 2.45) is 5.92 Å². The summed E-state index contributed by atoms with van der Waals surface area (Å²) < 4.78 is 0. The predicted octanol–water partition coefficient (Wildman–Crippen LogP) is 3.03. The third-order valence-corrected chi connectivity index (χ3v) is 4.62. The third-order valence-electron chi connectivity index (χ3n) is 4.62. The van der Waals surface area contributed by atoms with Gasteiger partial charge in [-0.25, -0.2) is 0 Å². The van der Waals surface area contributed by atoms with E-state index in [1.165, 1.54) is 77.5 Å². The van der Waals surface area contributed by atoms with Gasteiger partial charge in [0, 0.05) is 12.6 Å². The number of rotatable bonds is 5. The van der Waals surface area contributed by atoms with Crippen LogP contribution in [0.3, 0.4) is 0 Å². The summed E-state index contributed by atoms with van der Waals surface area (Å²) in [5.41, 5.74) is 0. The summed E-state index contributed by atoms with van der Waals surface area (Å²) >= 11 is 0. The van der Waals surface area contributed by atoms with Gasteiger partial charge in [-0.15, -0.1) is 0 Å². The molecule has 2 atom stereocenters. The number of nitrogens with one attached hydrogen (secondary N) is 1. The Bertz CT molecular complexity index is 199. The molecule has 2 saturated heterocycles. The minimum Gasteiger partial charge on any atom is -0.314 e. The van der Waals surface area contributed by atoms with Gasteiger partial charge in [0.2, 0.25) is 0 Å². The monoisotopic (exact) mass is 238 g/mol. The van der Waals surface area contributed by atoms with Gasteiger partial charge >= 0.3 is 0 Å². The zero-order valence-corrected chi connectivity index (χ0v) is 11.6. The number of likely N-dealkylation sites (tertiary alicyclic amines) is 1. The molecule has 2 rings (SSSR count). The van der Waals surface area contributed by atoms with E-state index in [1.807, 2.05) is 0 Å². The van der Waals surface area contributed by atoms with Crippen molar-refractivity contribution in [3.05, 3.63) is 0 Å². The summed E-state index contributed by atoms with van der Waals surface area (Å²) in [6.45, 7) is 7.67. The first-order valence-corrected chi connectivity index (χ1v) is 7.84. The fraction of sp³-hybridized carbons (Fsp3) is 1.00. The van der Waals surface area contributed by atoms with Crippen molar-refractivity contribution >= 4 is 0 Å². The molecule has 0 bridgehead atoms. The van der Waals surface area contributed by atoms with E-state index >= 15 is 0 Å². The second-order valence-electron chi connectivity index (χ2n) is 6.01. The lowest BCUT2D eigenvalue weighted by molar-refractivity contribution is 0.166. The quantitative estimate of drug-likeness (QED) is 0.792. The fourth-order valence-corrected chi connectivity index (χ4v) is 3.42. The predicted molar refractivity (Wildman–Crippen MR) is 74.3 cm³/mol. The number of piperidine rings is 2. The molecule has 0 aromatic rings. The molecule has 2 aliphatic rings. The molecule has 0 aromatic heterocycles. The standard InChI is InChI=1S/C15H30N2/c1-2-14-7-5-11-17(13-14)12-6-9-15-8-3-4-10-16-15/h14-16H,2-13H2,1H3. The molecule has 0 saturated carbocycles. The van der Waals surface area contributed by atoms with E-state index in [4.69, 9.17) is 0 Å². The number of nitrogens with zero attached hydrogens (tertiary/aromatic N) is 1. The smallest absolute Gasteiger partial charge is 0.00675 e. The largest absolute Gasteiger partial charge is 0.314 e. The van der Waals surface area contributed by atoms with Crippen LogP contribution in [-0.2, 0) is 0 Å². The molecule has 2 aliphatic heterocycles. The Hall–Kier alpha value is -0.0800. The van der Waals surface area contributed by atoms with E-state index in [0.717, 1.165) is 12.0 Å². The van der Waals surface area contributed by atoms with Gasteiger partial charge in [-0.3, -0.25) is 0 Å².